The molecule has 6 nitrogen and oxygen atoms in total. The van der Waals surface area contributed by atoms with Crippen molar-refractivity contribution in [2.75, 3.05) is 6.54 Å². The monoisotopic (exact) mass is 323 g/mol. The molecule has 1 aliphatic rings. The maximum absolute atomic E-state index is 12.8. The second-order valence-electron chi connectivity index (χ2n) is 5.87. The van der Waals surface area contributed by atoms with E-state index in [-0.39, 0.29) is 17.5 Å². The normalized spacial score (nSPS) is 17.3. The number of hydrogen-bond acceptors (Lipinski definition) is 3. The van der Waals surface area contributed by atoms with Gasteiger partial charge in [0.25, 0.3) is 11.5 Å². The van der Waals surface area contributed by atoms with Gasteiger partial charge in [0.1, 0.15) is 11.3 Å². The summed E-state index contributed by atoms with van der Waals surface area (Å²) in [7, 11) is 0. The fraction of sp³-hybridized carbons (Fsp3) is 0.222. The molecule has 1 saturated heterocycles. The molecule has 0 spiro atoms. The van der Waals surface area contributed by atoms with Crippen molar-refractivity contribution in [2.24, 2.45) is 0 Å². The summed E-state index contributed by atoms with van der Waals surface area (Å²) in [5.74, 6) is 0.330. The summed E-state index contributed by atoms with van der Waals surface area (Å²) in [5.41, 5.74) is 1.32. The molecule has 1 atom stereocenters. The van der Waals surface area contributed by atoms with Gasteiger partial charge in [-0.3, -0.25) is 9.59 Å². The van der Waals surface area contributed by atoms with Crippen LogP contribution in [0.25, 0.3) is 11.5 Å². The number of likely N-dealkylation sites (tertiary alicyclic amines) is 1. The van der Waals surface area contributed by atoms with Crippen LogP contribution in [0.15, 0.2) is 58.1 Å². The van der Waals surface area contributed by atoms with Crippen LogP contribution in [0, 0.1) is 0 Å². The lowest BCUT2D eigenvalue weighted by Crippen LogP contribution is -2.34. The number of carbonyl (C=O) groups is 1. The Labute approximate surface area is 138 Å². The molecule has 0 aliphatic carbocycles. The predicted octanol–water partition coefficient (Wildman–Crippen LogP) is 2.94. The fourth-order valence-corrected chi connectivity index (χ4v) is 3.26. The van der Waals surface area contributed by atoms with Crippen molar-refractivity contribution in [2.45, 2.75) is 18.9 Å². The van der Waals surface area contributed by atoms with Gasteiger partial charge in [0.2, 0.25) is 0 Å². The topological polar surface area (TPSA) is 82.1 Å². The van der Waals surface area contributed by atoms with Crippen molar-refractivity contribution in [1.29, 1.82) is 0 Å². The minimum absolute atomic E-state index is 0.00310. The predicted molar refractivity (Wildman–Crippen MR) is 88.6 cm³/mol. The Morgan fingerprint density at radius 2 is 2.12 bits per heavy atom. The Hall–Kier alpha value is -3.02. The van der Waals surface area contributed by atoms with Gasteiger partial charge in [-0.1, -0.05) is 0 Å². The van der Waals surface area contributed by atoms with E-state index in [0.29, 0.717) is 18.0 Å². The molecule has 122 valence electrons. The zero-order valence-electron chi connectivity index (χ0n) is 13.0. The lowest BCUT2D eigenvalue weighted by molar-refractivity contribution is 0.0731. The summed E-state index contributed by atoms with van der Waals surface area (Å²) in [6.07, 6.45) is 5.21. The van der Waals surface area contributed by atoms with Gasteiger partial charge in [-0.2, -0.15) is 0 Å². The summed E-state index contributed by atoms with van der Waals surface area (Å²) in [5, 5.41) is 0. The third-order valence-corrected chi connectivity index (χ3v) is 4.42. The second-order valence-corrected chi connectivity index (χ2v) is 5.87. The van der Waals surface area contributed by atoms with Crippen molar-refractivity contribution in [3.63, 3.8) is 0 Å². The molecule has 1 aliphatic heterocycles. The van der Waals surface area contributed by atoms with Gasteiger partial charge in [0.15, 0.2) is 0 Å². The standard InChI is InChI=1S/C18H17N3O3/c22-17-12(7-8-14(20-17)16-6-3-11-24-16)18(23)21-10-2-5-15(21)13-4-1-9-19-13/h1,3-4,6-9,11,15,19H,2,5,10H2,(H,20,22)/t15-/m0/s1. The van der Waals surface area contributed by atoms with Gasteiger partial charge in [-0.25, -0.2) is 0 Å². The third-order valence-electron chi connectivity index (χ3n) is 4.42. The zero-order valence-corrected chi connectivity index (χ0v) is 13.0. The summed E-state index contributed by atoms with van der Waals surface area (Å²) in [6.45, 7) is 0.655. The highest BCUT2D eigenvalue weighted by molar-refractivity contribution is 5.94. The molecule has 0 unspecified atom stereocenters. The number of H-pyrrole nitrogens is 2. The van der Waals surface area contributed by atoms with Gasteiger partial charge in [-0.15, -0.1) is 0 Å². The van der Waals surface area contributed by atoms with E-state index >= 15 is 0 Å². The van der Waals surface area contributed by atoms with Crippen LogP contribution in [0.2, 0.25) is 0 Å². The molecule has 3 aromatic rings. The number of pyridine rings is 1. The highest BCUT2D eigenvalue weighted by Crippen LogP contribution is 2.31. The minimum atomic E-state index is -0.397. The first-order valence-electron chi connectivity index (χ1n) is 7.95. The Balaban J connectivity index is 1.64. The maximum atomic E-state index is 12.8. The Bertz CT molecular complexity index is 894. The number of aromatic nitrogens is 2. The summed E-state index contributed by atoms with van der Waals surface area (Å²) >= 11 is 0. The highest BCUT2D eigenvalue weighted by atomic mass is 16.3. The van der Waals surface area contributed by atoms with Crippen molar-refractivity contribution >= 4 is 5.91 Å². The van der Waals surface area contributed by atoms with Crippen molar-refractivity contribution in [1.82, 2.24) is 14.9 Å². The Morgan fingerprint density at radius 3 is 2.83 bits per heavy atom. The number of carbonyl (C=O) groups excluding carboxylic acids is 1. The van der Waals surface area contributed by atoms with Crippen LogP contribution in [0.4, 0.5) is 0 Å². The van der Waals surface area contributed by atoms with Gasteiger partial charge in [0.05, 0.1) is 18.0 Å². The maximum Gasteiger partial charge on any atom is 0.261 e. The van der Waals surface area contributed by atoms with Crippen LogP contribution in [0.3, 0.4) is 0 Å². The van der Waals surface area contributed by atoms with Crippen molar-refractivity contribution in [3.8, 4) is 11.5 Å². The van der Waals surface area contributed by atoms with Gasteiger partial charge in [-0.05, 0) is 49.2 Å². The van der Waals surface area contributed by atoms with Crippen molar-refractivity contribution in [3.05, 3.63) is 70.5 Å². The molecule has 1 fully saturated rings. The molecular formula is C18H17N3O3. The number of nitrogens with zero attached hydrogens (tertiary/aromatic N) is 1. The van der Waals surface area contributed by atoms with E-state index in [2.05, 4.69) is 9.97 Å². The highest BCUT2D eigenvalue weighted by Gasteiger charge is 2.32. The number of furan rings is 1. The average Bonchev–Trinajstić information content (AvgIpc) is 3.35. The van der Waals surface area contributed by atoms with Crippen molar-refractivity contribution < 1.29 is 9.21 Å². The molecular weight excluding hydrogens is 306 g/mol. The largest absolute Gasteiger partial charge is 0.463 e. The van der Waals surface area contributed by atoms with E-state index in [1.807, 2.05) is 18.3 Å². The van der Waals surface area contributed by atoms with Crippen LogP contribution in [-0.4, -0.2) is 27.3 Å². The molecule has 4 heterocycles. The number of aromatic amines is 2. The number of hydrogen-bond donors (Lipinski definition) is 2. The first-order valence-corrected chi connectivity index (χ1v) is 7.95. The van der Waals surface area contributed by atoms with Crippen LogP contribution in [0.1, 0.15) is 34.9 Å². The summed E-state index contributed by atoms with van der Waals surface area (Å²) < 4.78 is 5.27. The van der Waals surface area contributed by atoms with Crippen LogP contribution < -0.4 is 5.56 Å². The zero-order chi connectivity index (χ0) is 16.5. The van der Waals surface area contributed by atoms with Crippen LogP contribution >= 0.6 is 0 Å². The fourth-order valence-electron chi connectivity index (χ4n) is 3.26. The molecule has 1 amide bonds. The minimum Gasteiger partial charge on any atom is -0.463 e. The summed E-state index contributed by atoms with van der Waals surface area (Å²) in [6, 6.07) is 10.7. The second kappa shape index (κ2) is 5.88. The van der Waals surface area contributed by atoms with E-state index in [1.54, 1.807) is 29.2 Å². The molecule has 24 heavy (non-hydrogen) atoms. The summed E-state index contributed by atoms with van der Waals surface area (Å²) in [4.78, 5) is 32.9. The lowest BCUT2D eigenvalue weighted by Gasteiger charge is -2.23. The molecule has 0 saturated carbocycles. The van der Waals surface area contributed by atoms with E-state index in [1.165, 1.54) is 6.26 Å². The van der Waals surface area contributed by atoms with Crippen LogP contribution in [0.5, 0.6) is 0 Å². The van der Waals surface area contributed by atoms with E-state index in [0.717, 1.165) is 18.5 Å². The first-order chi connectivity index (χ1) is 11.7. The molecule has 6 heteroatoms. The number of nitrogens with one attached hydrogen (secondary N) is 2. The molecule has 0 bridgehead atoms. The van der Waals surface area contributed by atoms with E-state index in [4.69, 9.17) is 4.42 Å². The quantitative estimate of drug-likeness (QED) is 0.777. The van der Waals surface area contributed by atoms with E-state index in [9.17, 15) is 9.59 Å². The number of rotatable bonds is 3. The first kappa shape index (κ1) is 14.6. The van der Waals surface area contributed by atoms with Crippen LogP contribution in [-0.2, 0) is 0 Å². The molecule has 3 aromatic heterocycles. The Kier molecular flexibility index (Phi) is 3.57. The molecule has 4 rings (SSSR count). The molecule has 0 radical (unpaired) electrons. The molecule has 2 N–H and O–H groups in total. The Morgan fingerprint density at radius 1 is 1.21 bits per heavy atom. The molecule has 0 aromatic carbocycles. The average molecular weight is 323 g/mol. The van der Waals surface area contributed by atoms with Gasteiger partial charge < -0.3 is 19.3 Å². The number of amides is 1. The van der Waals surface area contributed by atoms with E-state index < -0.39 is 5.56 Å². The lowest BCUT2D eigenvalue weighted by atomic mass is 10.1. The SMILES string of the molecule is O=C(c1ccc(-c2ccco2)[nH]c1=O)N1CCC[C@H]1c1ccc[nH]1. The smallest absolute Gasteiger partial charge is 0.261 e. The van der Waals surface area contributed by atoms with Gasteiger partial charge >= 0.3 is 0 Å². The third kappa shape index (κ3) is 2.46. The van der Waals surface area contributed by atoms with Gasteiger partial charge in [0, 0.05) is 18.4 Å².